The molecule has 0 spiro atoms. The zero-order chi connectivity index (χ0) is 18.2. The van der Waals surface area contributed by atoms with Crippen LogP contribution in [0.1, 0.15) is 76.8 Å². The monoisotopic (exact) mass is 342 g/mol. The number of carbonyl (C=O) groups is 2. The molecule has 0 saturated heterocycles. The summed E-state index contributed by atoms with van der Waals surface area (Å²) >= 11 is 0. The maximum atomic E-state index is 12.6. The number of Topliss-reactive ketones (excluding diaryl/α,β-unsaturated/α-hetero) is 2. The number of hydrogen-bond acceptors (Lipinski definition) is 2. The normalized spacial score (nSPS) is 17.9. The summed E-state index contributed by atoms with van der Waals surface area (Å²) in [5, 5.41) is 0. The highest BCUT2D eigenvalue weighted by Crippen LogP contribution is 2.29. The molecule has 0 bridgehead atoms. The van der Waals surface area contributed by atoms with E-state index < -0.39 is 0 Å². The van der Waals surface area contributed by atoms with Crippen LogP contribution in [0.3, 0.4) is 0 Å². The van der Waals surface area contributed by atoms with Gasteiger partial charge in [-0.3, -0.25) is 9.59 Å². The predicted octanol–water partition coefficient (Wildman–Crippen LogP) is 5.56. The molecule has 1 aliphatic rings. The molecule has 0 aromatic heterocycles. The lowest BCUT2D eigenvalue weighted by Crippen LogP contribution is -2.18. The molecule has 0 aliphatic heterocycles. The Labute approximate surface area is 153 Å². The van der Waals surface area contributed by atoms with Gasteiger partial charge in [-0.1, -0.05) is 70.2 Å². The van der Waals surface area contributed by atoms with Gasteiger partial charge in [0.1, 0.15) is 11.6 Å². The minimum absolute atomic E-state index is 0.0436. The van der Waals surface area contributed by atoms with Crippen LogP contribution in [-0.2, 0) is 22.4 Å². The third kappa shape index (κ3) is 6.41. The average molecular weight is 343 g/mol. The van der Waals surface area contributed by atoms with Crippen LogP contribution in [0.4, 0.5) is 0 Å². The Bertz CT molecular complexity index is 569. The number of benzene rings is 1. The first-order valence-electron chi connectivity index (χ1n) is 10.1. The number of hydrogen-bond donors (Lipinski definition) is 0. The Hall–Kier alpha value is -1.44. The third-order valence-corrected chi connectivity index (χ3v) is 5.94. The molecule has 1 aromatic rings. The Balaban J connectivity index is 1.87. The summed E-state index contributed by atoms with van der Waals surface area (Å²) in [7, 11) is 0. The highest BCUT2D eigenvalue weighted by molar-refractivity contribution is 5.81. The van der Waals surface area contributed by atoms with Crippen LogP contribution in [0.5, 0.6) is 0 Å². The van der Waals surface area contributed by atoms with E-state index in [-0.39, 0.29) is 17.6 Å². The molecule has 0 radical (unpaired) electrons. The fraction of sp³-hybridized carbons (Fsp3) is 0.652. The molecular weight excluding hydrogens is 308 g/mol. The quantitative estimate of drug-likeness (QED) is 0.588. The van der Waals surface area contributed by atoms with Gasteiger partial charge < -0.3 is 0 Å². The topological polar surface area (TPSA) is 34.1 Å². The SMILES string of the molecule is CC(=O)C(C)Cc1ccccc1CCC(=O)[C@H](C)CC1CCCCC1. The first-order valence-corrected chi connectivity index (χ1v) is 10.1. The standard InChI is InChI=1S/C23H34O2/c1-17(19(3)24)16-22-12-8-7-11-21(22)13-14-23(25)18(2)15-20-9-5-4-6-10-20/h7-8,11-12,17-18,20H,4-6,9-10,13-16H2,1-3H3/t17?,18-/m1/s1. The zero-order valence-electron chi connectivity index (χ0n) is 16.2. The molecule has 1 aromatic carbocycles. The maximum Gasteiger partial charge on any atom is 0.136 e. The third-order valence-electron chi connectivity index (χ3n) is 5.94. The van der Waals surface area contributed by atoms with Crippen molar-refractivity contribution in [1.29, 1.82) is 0 Å². The lowest BCUT2D eigenvalue weighted by molar-refractivity contribution is -0.123. The minimum Gasteiger partial charge on any atom is -0.300 e. The molecule has 2 rings (SSSR count). The van der Waals surface area contributed by atoms with Gasteiger partial charge in [0.15, 0.2) is 0 Å². The minimum atomic E-state index is 0.0436. The molecule has 1 fully saturated rings. The van der Waals surface area contributed by atoms with Gasteiger partial charge in [0.05, 0.1) is 0 Å². The molecule has 2 atom stereocenters. The zero-order valence-corrected chi connectivity index (χ0v) is 16.2. The van der Waals surface area contributed by atoms with Crippen molar-refractivity contribution in [2.24, 2.45) is 17.8 Å². The number of aryl methyl sites for hydroxylation is 1. The van der Waals surface area contributed by atoms with E-state index in [1.165, 1.54) is 43.2 Å². The van der Waals surface area contributed by atoms with E-state index in [2.05, 4.69) is 19.1 Å². The smallest absolute Gasteiger partial charge is 0.136 e. The van der Waals surface area contributed by atoms with E-state index in [1.54, 1.807) is 6.92 Å². The van der Waals surface area contributed by atoms with Crippen molar-refractivity contribution in [3.63, 3.8) is 0 Å². The summed E-state index contributed by atoms with van der Waals surface area (Å²) in [6, 6.07) is 8.28. The Morgan fingerprint density at radius 2 is 1.64 bits per heavy atom. The van der Waals surface area contributed by atoms with Crippen molar-refractivity contribution in [2.75, 3.05) is 0 Å². The Kier molecular flexibility index (Phi) is 7.87. The van der Waals surface area contributed by atoms with E-state index in [0.29, 0.717) is 12.2 Å². The lowest BCUT2D eigenvalue weighted by Gasteiger charge is -2.24. The van der Waals surface area contributed by atoms with E-state index >= 15 is 0 Å². The maximum absolute atomic E-state index is 12.6. The number of carbonyl (C=O) groups excluding carboxylic acids is 2. The Morgan fingerprint density at radius 3 is 2.28 bits per heavy atom. The molecule has 2 heteroatoms. The van der Waals surface area contributed by atoms with E-state index in [1.807, 2.05) is 19.1 Å². The Morgan fingerprint density at radius 1 is 1.00 bits per heavy atom. The van der Waals surface area contributed by atoms with Gasteiger partial charge in [0, 0.05) is 18.3 Å². The summed E-state index contributed by atoms with van der Waals surface area (Å²) in [6.07, 6.45) is 9.94. The molecule has 1 saturated carbocycles. The van der Waals surface area contributed by atoms with Gasteiger partial charge in [-0.05, 0) is 43.2 Å². The van der Waals surface area contributed by atoms with Gasteiger partial charge in [-0.25, -0.2) is 0 Å². The lowest BCUT2D eigenvalue weighted by atomic mass is 9.81. The predicted molar refractivity (Wildman–Crippen MR) is 104 cm³/mol. The van der Waals surface area contributed by atoms with Crippen molar-refractivity contribution in [1.82, 2.24) is 0 Å². The summed E-state index contributed by atoms with van der Waals surface area (Å²) in [6.45, 7) is 5.75. The van der Waals surface area contributed by atoms with Crippen molar-refractivity contribution >= 4 is 11.6 Å². The van der Waals surface area contributed by atoms with Crippen molar-refractivity contribution in [3.8, 4) is 0 Å². The fourth-order valence-corrected chi connectivity index (χ4v) is 4.03. The molecule has 0 amide bonds. The first kappa shape index (κ1) is 19.9. The second-order valence-corrected chi connectivity index (χ2v) is 8.09. The molecule has 0 N–H and O–H groups in total. The van der Waals surface area contributed by atoms with Crippen LogP contribution in [0, 0.1) is 17.8 Å². The molecule has 0 heterocycles. The van der Waals surface area contributed by atoms with E-state index in [9.17, 15) is 9.59 Å². The van der Waals surface area contributed by atoms with Gasteiger partial charge in [-0.15, -0.1) is 0 Å². The van der Waals surface area contributed by atoms with Crippen LogP contribution < -0.4 is 0 Å². The second-order valence-electron chi connectivity index (χ2n) is 8.09. The summed E-state index contributed by atoms with van der Waals surface area (Å²) in [5.41, 5.74) is 2.45. The molecule has 1 aliphatic carbocycles. The number of rotatable bonds is 9. The van der Waals surface area contributed by atoms with Gasteiger partial charge in [-0.2, -0.15) is 0 Å². The summed E-state index contributed by atoms with van der Waals surface area (Å²) in [4.78, 5) is 24.1. The molecule has 138 valence electrons. The van der Waals surface area contributed by atoms with Crippen LogP contribution in [0.2, 0.25) is 0 Å². The highest BCUT2D eigenvalue weighted by Gasteiger charge is 2.21. The highest BCUT2D eigenvalue weighted by atomic mass is 16.1. The summed E-state index contributed by atoms with van der Waals surface area (Å²) < 4.78 is 0. The van der Waals surface area contributed by atoms with Crippen molar-refractivity contribution in [3.05, 3.63) is 35.4 Å². The van der Waals surface area contributed by atoms with Gasteiger partial charge in [0.2, 0.25) is 0 Å². The molecule has 1 unspecified atom stereocenters. The molecule has 2 nitrogen and oxygen atoms in total. The second kappa shape index (κ2) is 9.89. The van der Waals surface area contributed by atoms with Crippen LogP contribution in [0.15, 0.2) is 24.3 Å². The van der Waals surface area contributed by atoms with Crippen molar-refractivity contribution < 1.29 is 9.59 Å². The summed E-state index contributed by atoms with van der Waals surface area (Å²) in [5.74, 6) is 1.62. The van der Waals surface area contributed by atoms with Gasteiger partial charge in [0.25, 0.3) is 0 Å². The average Bonchev–Trinajstić information content (AvgIpc) is 2.61. The van der Waals surface area contributed by atoms with Crippen LogP contribution in [-0.4, -0.2) is 11.6 Å². The fourth-order valence-electron chi connectivity index (χ4n) is 4.03. The molecular formula is C23H34O2. The van der Waals surface area contributed by atoms with E-state index in [0.717, 1.165) is 25.2 Å². The van der Waals surface area contributed by atoms with Crippen molar-refractivity contribution in [2.45, 2.75) is 78.6 Å². The van der Waals surface area contributed by atoms with Crippen LogP contribution >= 0.6 is 0 Å². The molecule has 25 heavy (non-hydrogen) atoms. The van der Waals surface area contributed by atoms with Gasteiger partial charge >= 0.3 is 0 Å². The first-order chi connectivity index (χ1) is 12.0. The van der Waals surface area contributed by atoms with E-state index in [4.69, 9.17) is 0 Å². The number of ketones is 2. The van der Waals surface area contributed by atoms with Crippen LogP contribution in [0.25, 0.3) is 0 Å². The largest absolute Gasteiger partial charge is 0.300 e.